The van der Waals surface area contributed by atoms with E-state index in [9.17, 15) is 13.6 Å². The van der Waals surface area contributed by atoms with Crippen molar-refractivity contribution in [3.05, 3.63) is 29.8 Å². The molecule has 1 fully saturated rings. The minimum atomic E-state index is -1.04. The van der Waals surface area contributed by atoms with Crippen LogP contribution in [-0.2, 0) is 9.53 Å². The zero-order chi connectivity index (χ0) is 14.6. The number of halogens is 2. The van der Waals surface area contributed by atoms with Crippen molar-refractivity contribution in [1.29, 1.82) is 0 Å². The number of hydrogen-bond acceptors (Lipinski definition) is 3. The Kier molecular flexibility index (Phi) is 4.67. The summed E-state index contributed by atoms with van der Waals surface area (Å²) in [5.74, 6) is -2.35. The molecule has 1 heterocycles. The highest BCUT2D eigenvalue weighted by Crippen LogP contribution is 2.31. The molecule has 0 saturated carbocycles. The van der Waals surface area contributed by atoms with Crippen molar-refractivity contribution in [2.45, 2.75) is 12.8 Å². The zero-order valence-corrected chi connectivity index (χ0v) is 11.3. The molecule has 1 aromatic rings. The molecule has 2 N–H and O–H groups in total. The van der Waals surface area contributed by atoms with Gasteiger partial charge < -0.3 is 15.4 Å². The first-order valence-corrected chi connectivity index (χ1v) is 6.54. The lowest BCUT2D eigenvalue weighted by Gasteiger charge is -2.35. The molecule has 2 rings (SSSR count). The van der Waals surface area contributed by atoms with Gasteiger partial charge in [0.1, 0.15) is 0 Å². The molecule has 0 aliphatic carbocycles. The standard InChI is InChI=1S/C14H18F2N2O2/c1-20-9-14(5-7-17-8-6-14)13(19)18-11-4-2-3-10(15)12(11)16/h2-4,17H,5-9H2,1H3,(H,18,19). The fourth-order valence-electron chi connectivity index (χ4n) is 2.47. The highest BCUT2D eigenvalue weighted by molar-refractivity contribution is 5.95. The van der Waals surface area contributed by atoms with Gasteiger partial charge in [-0.3, -0.25) is 4.79 Å². The van der Waals surface area contributed by atoms with Crippen LogP contribution in [0.25, 0.3) is 0 Å². The summed E-state index contributed by atoms with van der Waals surface area (Å²) < 4.78 is 31.9. The second-order valence-corrected chi connectivity index (χ2v) is 5.02. The topological polar surface area (TPSA) is 50.4 Å². The van der Waals surface area contributed by atoms with E-state index in [1.807, 2.05) is 0 Å². The Morgan fingerprint density at radius 2 is 2.10 bits per heavy atom. The van der Waals surface area contributed by atoms with E-state index in [-0.39, 0.29) is 18.2 Å². The van der Waals surface area contributed by atoms with Crippen LogP contribution in [0.3, 0.4) is 0 Å². The van der Waals surface area contributed by atoms with Gasteiger partial charge in [0.15, 0.2) is 11.6 Å². The molecule has 0 radical (unpaired) electrons. The number of nitrogens with one attached hydrogen (secondary N) is 2. The monoisotopic (exact) mass is 284 g/mol. The predicted octanol–water partition coefficient (Wildman–Crippen LogP) is 1.92. The normalized spacial score (nSPS) is 17.8. The first-order valence-electron chi connectivity index (χ1n) is 6.54. The lowest BCUT2D eigenvalue weighted by atomic mass is 9.78. The van der Waals surface area contributed by atoms with Gasteiger partial charge in [-0.15, -0.1) is 0 Å². The minimum absolute atomic E-state index is 0.135. The molecular formula is C14H18F2N2O2. The molecule has 0 spiro atoms. The summed E-state index contributed by atoms with van der Waals surface area (Å²) in [7, 11) is 1.53. The molecule has 20 heavy (non-hydrogen) atoms. The number of carbonyl (C=O) groups is 1. The van der Waals surface area contributed by atoms with Crippen molar-refractivity contribution in [3.63, 3.8) is 0 Å². The van der Waals surface area contributed by atoms with Gasteiger partial charge in [-0.1, -0.05) is 6.07 Å². The number of anilines is 1. The molecule has 6 heteroatoms. The molecule has 0 bridgehead atoms. The molecule has 0 atom stereocenters. The van der Waals surface area contributed by atoms with E-state index in [4.69, 9.17) is 4.74 Å². The third kappa shape index (κ3) is 2.96. The van der Waals surface area contributed by atoms with Crippen LogP contribution < -0.4 is 10.6 Å². The third-order valence-corrected chi connectivity index (χ3v) is 3.66. The number of hydrogen-bond donors (Lipinski definition) is 2. The number of amides is 1. The molecule has 1 aliphatic heterocycles. The summed E-state index contributed by atoms with van der Waals surface area (Å²) in [5.41, 5.74) is -0.831. The molecule has 1 amide bonds. The third-order valence-electron chi connectivity index (χ3n) is 3.66. The lowest BCUT2D eigenvalue weighted by Crippen LogP contribution is -2.47. The molecular weight excluding hydrogens is 266 g/mol. The molecule has 1 saturated heterocycles. The average Bonchev–Trinajstić information content (AvgIpc) is 2.45. The number of rotatable bonds is 4. The predicted molar refractivity (Wildman–Crippen MR) is 71.4 cm³/mol. The van der Waals surface area contributed by atoms with Crippen molar-refractivity contribution in [2.24, 2.45) is 5.41 Å². The van der Waals surface area contributed by atoms with Crippen LogP contribution in [-0.4, -0.2) is 32.7 Å². The maximum atomic E-state index is 13.6. The smallest absolute Gasteiger partial charge is 0.233 e. The molecule has 0 aromatic heterocycles. The van der Waals surface area contributed by atoms with E-state index >= 15 is 0 Å². The molecule has 110 valence electrons. The summed E-state index contributed by atoms with van der Waals surface area (Å²) in [6.07, 6.45) is 1.20. The van der Waals surface area contributed by atoms with Crippen molar-refractivity contribution in [2.75, 3.05) is 32.1 Å². The number of methoxy groups -OCH3 is 1. The van der Waals surface area contributed by atoms with Gasteiger partial charge in [0.25, 0.3) is 0 Å². The first-order chi connectivity index (χ1) is 9.59. The van der Waals surface area contributed by atoms with Gasteiger partial charge in [0.05, 0.1) is 17.7 Å². The summed E-state index contributed by atoms with van der Waals surface area (Å²) in [5, 5.41) is 5.65. The van der Waals surface area contributed by atoms with E-state index in [1.165, 1.54) is 19.2 Å². The Balaban J connectivity index is 2.18. The lowest BCUT2D eigenvalue weighted by molar-refractivity contribution is -0.130. The van der Waals surface area contributed by atoms with Crippen LogP contribution in [0.4, 0.5) is 14.5 Å². The molecule has 1 aliphatic rings. The van der Waals surface area contributed by atoms with Crippen molar-refractivity contribution in [3.8, 4) is 0 Å². The number of carbonyl (C=O) groups excluding carboxylic acids is 1. The molecule has 0 unspecified atom stereocenters. The Hall–Kier alpha value is -1.53. The number of piperidine rings is 1. The van der Waals surface area contributed by atoms with Gasteiger partial charge in [-0.25, -0.2) is 8.78 Å². The highest BCUT2D eigenvalue weighted by atomic mass is 19.2. The van der Waals surface area contributed by atoms with Crippen LogP contribution in [0.15, 0.2) is 18.2 Å². The first kappa shape index (κ1) is 14.9. The van der Waals surface area contributed by atoms with Crippen LogP contribution in [0, 0.1) is 17.0 Å². The van der Waals surface area contributed by atoms with Crippen LogP contribution in [0.5, 0.6) is 0 Å². The maximum Gasteiger partial charge on any atom is 0.233 e. The molecule has 1 aromatic carbocycles. The number of ether oxygens (including phenoxy) is 1. The summed E-state index contributed by atoms with van der Waals surface area (Å²) in [6.45, 7) is 1.66. The van der Waals surface area contributed by atoms with Gasteiger partial charge in [0.2, 0.25) is 5.91 Å². The zero-order valence-electron chi connectivity index (χ0n) is 11.3. The van der Waals surface area contributed by atoms with Gasteiger partial charge >= 0.3 is 0 Å². The Morgan fingerprint density at radius 3 is 2.75 bits per heavy atom. The Bertz CT molecular complexity index is 483. The van der Waals surface area contributed by atoms with Crippen molar-refractivity contribution in [1.82, 2.24) is 5.32 Å². The second-order valence-electron chi connectivity index (χ2n) is 5.02. The summed E-state index contributed by atoms with van der Waals surface area (Å²) in [4.78, 5) is 12.4. The fourth-order valence-corrected chi connectivity index (χ4v) is 2.47. The second kappa shape index (κ2) is 6.28. The fraction of sp³-hybridized carbons (Fsp3) is 0.500. The van der Waals surface area contributed by atoms with Crippen LogP contribution in [0.2, 0.25) is 0 Å². The van der Waals surface area contributed by atoms with E-state index in [0.717, 1.165) is 6.07 Å². The van der Waals surface area contributed by atoms with Gasteiger partial charge in [-0.05, 0) is 38.1 Å². The van der Waals surface area contributed by atoms with E-state index < -0.39 is 17.0 Å². The Labute approximate surface area is 116 Å². The van der Waals surface area contributed by atoms with Gasteiger partial charge in [0, 0.05) is 7.11 Å². The Morgan fingerprint density at radius 1 is 1.40 bits per heavy atom. The van der Waals surface area contributed by atoms with E-state index in [2.05, 4.69) is 10.6 Å². The maximum absolute atomic E-state index is 13.6. The van der Waals surface area contributed by atoms with Crippen molar-refractivity contribution >= 4 is 11.6 Å². The average molecular weight is 284 g/mol. The van der Waals surface area contributed by atoms with E-state index in [0.29, 0.717) is 25.9 Å². The van der Waals surface area contributed by atoms with Crippen LogP contribution >= 0.6 is 0 Å². The SMILES string of the molecule is COCC1(C(=O)Nc2cccc(F)c2F)CCNCC1. The summed E-state index contributed by atoms with van der Waals surface area (Å²) in [6, 6.07) is 3.72. The largest absolute Gasteiger partial charge is 0.384 e. The van der Waals surface area contributed by atoms with Crippen LogP contribution in [0.1, 0.15) is 12.8 Å². The highest BCUT2D eigenvalue weighted by Gasteiger charge is 2.40. The minimum Gasteiger partial charge on any atom is -0.384 e. The van der Waals surface area contributed by atoms with Gasteiger partial charge in [-0.2, -0.15) is 0 Å². The summed E-state index contributed by atoms with van der Waals surface area (Å²) >= 11 is 0. The molecule has 4 nitrogen and oxygen atoms in total. The van der Waals surface area contributed by atoms with Crippen molar-refractivity contribution < 1.29 is 18.3 Å². The number of benzene rings is 1. The quantitative estimate of drug-likeness (QED) is 0.888. The van der Waals surface area contributed by atoms with E-state index in [1.54, 1.807) is 0 Å².